The maximum absolute atomic E-state index is 14.5. The number of amides is 21. The zero-order valence-electron chi connectivity index (χ0n) is 70.8. The van der Waals surface area contributed by atoms with Gasteiger partial charge in [0.1, 0.15) is 96.4 Å². The number of hydrogen-bond donors (Lipinski definition) is 28. The van der Waals surface area contributed by atoms with Gasteiger partial charge in [0.2, 0.25) is 88.6 Å². The lowest BCUT2D eigenvalue weighted by Crippen LogP contribution is -2.63. The van der Waals surface area contributed by atoms with Crippen LogP contribution < -0.4 is 113 Å². The standard InChI is InChI=1S/C75H126N22O26/c1-34(2)28-46(62(109)84-43(16-12-24-80-73(77)121)60(107)89-50(32-100)66(113)92-51(33-101)67(114)95-55(37(7)8)71(118)97-27-15-19-52(97)72(119)120)88-59(106)44(17-13-25-81-74(78)122)85-68(115)53(35(3)4)93-58(105)39(10)83-64(111)48(30-98)91-65(112)49(31-99)90-61(108)45(18-14-26-82-75(79)123)86-70(117)56(40(11)102)96-69(116)54(36(5)6)94-63(110)47(87-57(104)38(9)76)29-41-20-22-42(103)23-21-41/h20-23,34-40,43-56,98-103H,12-19,24-33,76H2,1-11H3,(H,83,111)(H,84,109)(H,85,115)(H,86,117)(H,87,104)(H,88,106)(H,89,107)(H,90,108)(H,91,112)(H,92,113)(H,93,105)(H,94,110)(H,95,114)(H,96,116)(H,119,120)(H3,77,80,121)(H3,78,81,122)(H3,79,82,123)/t38-,39-,40+,43-,44-,45-,46-,47-,48-,49-,50-,51-,52-,53-,54-,55-,56-/m0/s1. The summed E-state index contributed by atoms with van der Waals surface area (Å²) in [6.07, 6.45) is -2.77. The van der Waals surface area contributed by atoms with Crippen LogP contribution in [0.1, 0.15) is 140 Å². The number of urea groups is 3. The van der Waals surface area contributed by atoms with E-state index in [9.17, 15) is 127 Å². The normalized spacial score (nSPS) is 16.4. The maximum Gasteiger partial charge on any atom is 0.326 e. The fraction of sp³-hybridized carbons (Fsp3) is 0.667. The molecule has 2 rings (SSSR count). The number of aromatic hydroxyl groups is 1. The van der Waals surface area contributed by atoms with Crippen LogP contribution in [0.4, 0.5) is 14.4 Å². The number of nitrogens with two attached hydrogens (primary N) is 4. The predicted octanol–water partition coefficient (Wildman–Crippen LogP) is -10.1. The summed E-state index contributed by atoms with van der Waals surface area (Å²) in [6, 6.07) is -22.8. The smallest absolute Gasteiger partial charge is 0.326 e. The number of aliphatic hydroxyl groups excluding tert-OH is 5. The molecular formula is C75H126N22O26. The number of nitrogens with one attached hydrogen (secondary N) is 17. The van der Waals surface area contributed by atoms with Gasteiger partial charge in [0.05, 0.1) is 38.6 Å². The number of carbonyl (C=O) groups is 19. The van der Waals surface area contributed by atoms with Gasteiger partial charge in [-0.2, -0.15) is 0 Å². The number of primary amides is 3. The Labute approximate surface area is 710 Å². The van der Waals surface area contributed by atoms with E-state index in [-0.39, 0.29) is 89.7 Å². The summed E-state index contributed by atoms with van der Waals surface area (Å²) in [4.78, 5) is 256. The highest BCUT2D eigenvalue weighted by Crippen LogP contribution is 2.22. The molecule has 17 atom stereocenters. The minimum absolute atomic E-state index is 0.0705. The highest BCUT2D eigenvalue weighted by molar-refractivity contribution is 6.01. The monoisotopic (exact) mass is 1750 g/mol. The number of hydrogen-bond acceptors (Lipinski definition) is 26. The first kappa shape index (κ1) is 107. The highest BCUT2D eigenvalue weighted by atomic mass is 16.4. The van der Waals surface area contributed by atoms with Crippen LogP contribution in [0.2, 0.25) is 0 Å². The van der Waals surface area contributed by atoms with E-state index in [1.807, 2.05) is 0 Å². The van der Waals surface area contributed by atoms with E-state index < -0.39 is 266 Å². The van der Waals surface area contributed by atoms with Crippen LogP contribution in [0.15, 0.2) is 24.3 Å². The number of rotatable bonds is 54. The van der Waals surface area contributed by atoms with Crippen molar-refractivity contribution < 1.29 is 127 Å². The number of carboxylic acids is 1. The highest BCUT2D eigenvalue weighted by Gasteiger charge is 2.42. The van der Waals surface area contributed by atoms with Crippen molar-refractivity contribution in [2.24, 2.45) is 46.6 Å². The molecule has 1 aliphatic rings. The molecule has 0 aromatic heterocycles. The number of carboxylic acid groups (broad SMARTS) is 1. The van der Waals surface area contributed by atoms with Gasteiger partial charge < -0.3 is 154 Å². The zero-order chi connectivity index (χ0) is 93.4. The van der Waals surface area contributed by atoms with Gasteiger partial charge in [0, 0.05) is 32.6 Å². The molecule has 1 aliphatic heterocycles. The van der Waals surface area contributed by atoms with Crippen LogP contribution in [-0.4, -0.2) is 309 Å². The van der Waals surface area contributed by atoms with E-state index in [0.717, 1.165) is 18.7 Å². The molecular weight excluding hydrogens is 1620 g/mol. The van der Waals surface area contributed by atoms with Gasteiger partial charge >= 0.3 is 24.1 Å². The van der Waals surface area contributed by atoms with Gasteiger partial charge in [-0.25, -0.2) is 19.2 Å². The summed E-state index contributed by atoms with van der Waals surface area (Å²) in [5, 5.41) is 112. The van der Waals surface area contributed by atoms with E-state index in [1.54, 1.807) is 27.7 Å². The number of carbonyl (C=O) groups excluding carboxylic acids is 18. The average Bonchev–Trinajstić information content (AvgIpc) is 1.75. The first-order chi connectivity index (χ1) is 57.6. The molecule has 0 aliphatic carbocycles. The molecule has 0 unspecified atom stereocenters. The Morgan fingerprint density at radius 1 is 0.390 bits per heavy atom. The van der Waals surface area contributed by atoms with E-state index >= 15 is 0 Å². The Morgan fingerprint density at radius 2 is 0.699 bits per heavy atom. The van der Waals surface area contributed by atoms with Gasteiger partial charge in [0.15, 0.2) is 0 Å². The van der Waals surface area contributed by atoms with Crippen molar-refractivity contribution in [2.75, 3.05) is 52.6 Å². The van der Waals surface area contributed by atoms with Crippen LogP contribution in [0.3, 0.4) is 0 Å². The quantitative estimate of drug-likeness (QED) is 0.0269. The molecule has 48 heteroatoms. The summed E-state index contributed by atoms with van der Waals surface area (Å²) in [6.45, 7) is 10.9. The number of aliphatic carboxylic acids is 1. The molecule has 1 saturated heterocycles. The molecule has 48 nitrogen and oxygen atoms in total. The van der Waals surface area contributed by atoms with E-state index in [2.05, 4.69) is 90.4 Å². The third-order valence-corrected chi connectivity index (χ3v) is 19.2. The summed E-state index contributed by atoms with van der Waals surface area (Å²) in [5.74, 6) is -20.0. The molecule has 123 heavy (non-hydrogen) atoms. The van der Waals surface area contributed by atoms with Crippen molar-refractivity contribution in [3.05, 3.63) is 29.8 Å². The zero-order valence-corrected chi connectivity index (χ0v) is 70.8. The predicted molar refractivity (Wildman–Crippen MR) is 435 cm³/mol. The van der Waals surface area contributed by atoms with Crippen LogP contribution in [-0.2, 0) is 83.1 Å². The number of likely N-dealkylation sites (tertiary alicyclic amines) is 1. The largest absolute Gasteiger partial charge is 0.508 e. The molecule has 0 saturated carbocycles. The first-order valence-electron chi connectivity index (χ1n) is 40.2. The molecule has 1 aromatic rings. The molecule has 692 valence electrons. The molecule has 1 heterocycles. The van der Waals surface area contributed by atoms with Gasteiger partial charge in [-0.3, -0.25) is 71.9 Å². The summed E-state index contributed by atoms with van der Waals surface area (Å²) in [7, 11) is 0. The Hall–Kier alpha value is -11.9. The Kier molecular flexibility index (Phi) is 46.9. The third-order valence-electron chi connectivity index (χ3n) is 19.2. The van der Waals surface area contributed by atoms with Crippen LogP contribution in [0, 0.1) is 23.7 Å². The second-order valence-corrected chi connectivity index (χ2v) is 31.0. The van der Waals surface area contributed by atoms with Gasteiger partial charge in [0.25, 0.3) is 0 Å². The molecule has 0 spiro atoms. The van der Waals surface area contributed by atoms with Crippen molar-refractivity contribution in [3.63, 3.8) is 0 Å². The second kappa shape index (κ2) is 53.8. The van der Waals surface area contributed by atoms with Crippen molar-refractivity contribution in [3.8, 4) is 5.75 Å². The Bertz CT molecular complexity index is 3780. The van der Waals surface area contributed by atoms with Gasteiger partial charge in [-0.05, 0) is 120 Å². The Morgan fingerprint density at radius 3 is 1.07 bits per heavy atom. The number of aliphatic hydroxyl groups is 5. The van der Waals surface area contributed by atoms with Crippen molar-refractivity contribution >= 4 is 113 Å². The summed E-state index contributed by atoms with van der Waals surface area (Å²) < 4.78 is 0. The van der Waals surface area contributed by atoms with Crippen LogP contribution >= 0.6 is 0 Å². The third kappa shape index (κ3) is 37.6. The molecule has 1 fully saturated rings. The van der Waals surface area contributed by atoms with E-state index in [0.29, 0.717) is 12.0 Å². The van der Waals surface area contributed by atoms with Crippen LogP contribution in [0.5, 0.6) is 5.75 Å². The molecule has 0 bridgehead atoms. The number of phenols is 1. The lowest BCUT2D eigenvalue weighted by molar-refractivity contribution is -0.150. The number of benzene rings is 1. The maximum atomic E-state index is 14.5. The summed E-state index contributed by atoms with van der Waals surface area (Å²) >= 11 is 0. The molecule has 0 radical (unpaired) electrons. The SMILES string of the molecule is CC(C)C[C@H](NC(=O)[C@H](CCCNC(N)=O)NC(=O)[C@@H](NC(=O)[C@H](C)NC(=O)[C@H](CO)NC(=O)[C@H](CO)NC(=O)[C@H](CCCNC(N)=O)NC(=O)[C@@H](NC(=O)[C@@H](NC(=O)[C@H](Cc1ccc(O)cc1)NC(=O)[C@H](C)N)C(C)C)[C@@H](C)O)C(C)C)C(=O)N[C@@H](CCCNC(N)=O)C(=O)N[C@@H](CO)C(=O)N[C@@H](CO)C(=O)N[C@H](C(=O)N1CCC[C@H]1C(=O)O)C(C)C. The lowest BCUT2D eigenvalue weighted by Gasteiger charge is -2.30. The number of phenolic OH excluding ortho intramolecular Hbond substituents is 1. The second-order valence-electron chi connectivity index (χ2n) is 31.0. The average molecular weight is 1750 g/mol. The van der Waals surface area contributed by atoms with Crippen LogP contribution in [0.25, 0.3) is 0 Å². The van der Waals surface area contributed by atoms with Gasteiger partial charge in [-0.1, -0.05) is 67.5 Å². The van der Waals surface area contributed by atoms with E-state index in [1.165, 1.54) is 58.9 Å². The summed E-state index contributed by atoms with van der Waals surface area (Å²) in [5.41, 5.74) is 21.9. The van der Waals surface area contributed by atoms with E-state index in [4.69, 9.17) is 22.9 Å². The van der Waals surface area contributed by atoms with Crippen molar-refractivity contribution in [1.82, 2.24) is 95.3 Å². The minimum Gasteiger partial charge on any atom is -0.508 e. The first-order valence-corrected chi connectivity index (χ1v) is 40.2. The Balaban J connectivity index is 2.38. The van der Waals surface area contributed by atoms with Crippen molar-refractivity contribution in [1.29, 1.82) is 0 Å². The fourth-order valence-corrected chi connectivity index (χ4v) is 12.2. The topological polar surface area (TPSA) is 778 Å². The molecule has 32 N–H and O–H groups in total. The molecule has 21 amide bonds. The van der Waals surface area contributed by atoms with Gasteiger partial charge in [-0.15, -0.1) is 0 Å². The fourth-order valence-electron chi connectivity index (χ4n) is 12.2. The minimum atomic E-state index is -1.99. The number of nitrogens with zero attached hydrogens (tertiary/aromatic N) is 1. The van der Waals surface area contributed by atoms with Crippen molar-refractivity contribution in [2.45, 2.75) is 243 Å². The molecule has 1 aromatic carbocycles. The lowest BCUT2D eigenvalue weighted by atomic mass is 9.99.